The van der Waals surface area contributed by atoms with E-state index in [4.69, 9.17) is 8.94 Å². The molecule has 2 amide bonds. The van der Waals surface area contributed by atoms with Gasteiger partial charge < -0.3 is 19.2 Å². The summed E-state index contributed by atoms with van der Waals surface area (Å²) in [4.78, 5) is 18.7. The molecule has 0 spiro atoms. The number of piperidine rings is 1. The van der Waals surface area contributed by atoms with Gasteiger partial charge in [-0.05, 0) is 37.1 Å². The molecule has 1 atom stereocenters. The first-order valence-corrected chi connectivity index (χ1v) is 8.85. The number of nitrogens with zero attached hydrogens (tertiary/aromatic N) is 5. The van der Waals surface area contributed by atoms with E-state index in [1.54, 1.807) is 18.7 Å². The number of likely N-dealkylation sites (tertiary alicyclic amines) is 1. The van der Waals surface area contributed by atoms with Gasteiger partial charge in [-0.3, -0.25) is 0 Å². The second-order valence-electron chi connectivity index (χ2n) is 6.59. The minimum atomic E-state index is -0.138. The van der Waals surface area contributed by atoms with E-state index in [-0.39, 0.29) is 11.9 Å². The van der Waals surface area contributed by atoms with Crippen molar-refractivity contribution in [3.63, 3.8) is 0 Å². The van der Waals surface area contributed by atoms with Gasteiger partial charge in [-0.15, -0.1) is 10.2 Å². The third-order valence-electron chi connectivity index (χ3n) is 4.53. The van der Waals surface area contributed by atoms with E-state index < -0.39 is 0 Å². The van der Waals surface area contributed by atoms with Gasteiger partial charge in [0.05, 0.1) is 0 Å². The fourth-order valence-corrected chi connectivity index (χ4v) is 3.17. The first kappa shape index (κ1) is 17.2. The van der Waals surface area contributed by atoms with Gasteiger partial charge in [0.2, 0.25) is 17.7 Å². The minimum absolute atomic E-state index is 0.102. The van der Waals surface area contributed by atoms with Gasteiger partial charge in [0.1, 0.15) is 0 Å². The second-order valence-corrected chi connectivity index (χ2v) is 6.59. The summed E-state index contributed by atoms with van der Waals surface area (Å²) < 4.78 is 10.5. The van der Waals surface area contributed by atoms with Gasteiger partial charge in [-0.25, -0.2) is 4.79 Å². The van der Waals surface area contributed by atoms with Gasteiger partial charge in [0, 0.05) is 44.1 Å². The Kier molecular flexibility index (Phi) is 4.57. The van der Waals surface area contributed by atoms with E-state index in [0.29, 0.717) is 42.3 Å². The molecule has 1 N–H and O–H groups in total. The summed E-state index contributed by atoms with van der Waals surface area (Å²) in [5.74, 6) is 2.29. The summed E-state index contributed by atoms with van der Waals surface area (Å²) in [6.07, 6.45) is 1.85. The van der Waals surface area contributed by atoms with Crippen LogP contribution in [0.15, 0.2) is 33.2 Å². The highest BCUT2D eigenvalue weighted by atomic mass is 16.5. The van der Waals surface area contributed by atoms with Gasteiger partial charge >= 0.3 is 6.03 Å². The van der Waals surface area contributed by atoms with Crippen molar-refractivity contribution in [2.24, 2.45) is 0 Å². The average Bonchev–Trinajstić information content (AvgIpc) is 3.31. The Morgan fingerprint density at radius 2 is 2.00 bits per heavy atom. The zero-order valence-corrected chi connectivity index (χ0v) is 15.2. The number of anilines is 1. The lowest BCUT2D eigenvalue weighted by molar-refractivity contribution is 0.190. The predicted molar refractivity (Wildman–Crippen MR) is 96.1 cm³/mol. The van der Waals surface area contributed by atoms with Crippen LogP contribution in [0.25, 0.3) is 11.5 Å². The van der Waals surface area contributed by atoms with Crippen LogP contribution in [0.5, 0.6) is 0 Å². The predicted octanol–water partition coefficient (Wildman–Crippen LogP) is 3.15. The van der Waals surface area contributed by atoms with Crippen molar-refractivity contribution in [3.05, 3.63) is 41.9 Å². The zero-order chi connectivity index (χ0) is 18.8. The molecule has 27 heavy (non-hydrogen) atoms. The Hall–Kier alpha value is -3.23. The molecule has 9 nitrogen and oxygen atoms in total. The molecule has 3 heterocycles. The first-order valence-electron chi connectivity index (χ1n) is 8.85. The number of hydrogen-bond acceptors (Lipinski definition) is 7. The van der Waals surface area contributed by atoms with Crippen molar-refractivity contribution in [3.8, 4) is 11.5 Å². The number of carbonyl (C=O) groups is 1. The van der Waals surface area contributed by atoms with Crippen LogP contribution in [0, 0.1) is 13.8 Å². The Morgan fingerprint density at radius 1 is 1.19 bits per heavy atom. The van der Waals surface area contributed by atoms with Crippen LogP contribution in [0.4, 0.5) is 10.5 Å². The van der Waals surface area contributed by atoms with Crippen LogP contribution in [0.2, 0.25) is 0 Å². The van der Waals surface area contributed by atoms with E-state index in [2.05, 4.69) is 25.7 Å². The fourth-order valence-electron chi connectivity index (χ4n) is 3.17. The van der Waals surface area contributed by atoms with Crippen LogP contribution >= 0.6 is 0 Å². The average molecular weight is 368 g/mol. The molecule has 140 valence electrons. The molecule has 0 bridgehead atoms. The van der Waals surface area contributed by atoms with Crippen LogP contribution < -0.4 is 5.32 Å². The van der Waals surface area contributed by atoms with Gasteiger partial charge in [-0.1, -0.05) is 5.16 Å². The third-order valence-corrected chi connectivity index (χ3v) is 4.53. The topological polar surface area (TPSA) is 110 Å². The monoisotopic (exact) mass is 368 g/mol. The molecule has 0 saturated carbocycles. The lowest BCUT2D eigenvalue weighted by Gasteiger charge is -2.31. The number of nitrogens with one attached hydrogen (secondary N) is 1. The summed E-state index contributed by atoms with van der Waals surface area (Å²) >= 11 is 0. The lowest BCUT2D eigenvalue weighted by atomic mass is 9.98. The maximum Gasteiger partial charge on any atom is 0.321 e. The largest absolute Gasteiger partial charge is 0.421 e. The van der Waals surface area contributed by atoms with Crippen molar-refractivity contribution < 1.29 is 13.7 Å². The Morgan fingerprint density at radius 3 is 2.67 bits per heavy atom. The summed E-state index contributed by atoms with van der Waals surface area (Å²) in [6.45, 7) is 4.79. The van der Waals surface area contributed by atoms with E-state index in [1.807, 2.05) is 24.3 Å². The molecule has 1 aliphatic heterocycles. The number of carbonyl (C=O) groups excluding carboxylic acids is 1. The lowest BCUT2D eigenvalue weighted by Crippen LogP contribution is -2.41. The van der Waals surface area contributed by atoms with Crippen molar-refractivity contribution in [1.82, 2.24) is 25.2 Å². The number of hydrogen-bond donors (Lipinski definition) is 1. The van der Waals surface area contributed by atoms with Crippen LogP contribution in [0.1, 0.15) is 36.4 Å². The molecule has 1 aliphatic rings. The van der Waals surface area contributed by atoms with Crippen molar-refractivity contribution >= 4 is 11.7 Å². The molecule has 0 aliphatic carbocycles. The van der Waals surface area contributed by atoms with E-state index >= 15 is 0 Å². The smallest absolute Gasteiger partial charge is 0.321 e. The number of rotatable bonds is 3. The Bertz CT molecular complexity index is 933. The van der Waals surface area contributed by atoms with Crippen molar-refractivity contribution in [2.75, 3.05) is 18.4 Å². The van der Waals surface area contributed by atoms with Gasteiger partial charge in [0.15, 0.2) is 5.82 Å². The minimum Gasteiger partial charge on any atom is -0.421 e. The molecule has 1 aromatic carbocycles. The van der Waals surface area contributed by atoms with Crippen LogP contribution in [-0.2, 0) is 0 Å². The van der Waals surface area contributed by atoms with E-state index in [9.17, 15) is 4.79 Å². The third kappa shape index (κ3) is 3.81. The standard InChI is InChI=1S/C18H20N6O3/c1-11-19-16(23-27-11)14-4-3-9-24(10-14)18(25)20-15-7-5-13(6-8-15)17-22-21-12(2)26-17/h5-8,14H,3-4,9-10H2,1-2H3,(H,20,25)/t14-/m1/s1. The van der Waals surface area contributed by atoms with Crippen molar-refractivity contribution in [2.45, 2.75) is 32.6 Å². The summed E-state index contributed by atoms with van der Waals surface area (Å²) in [5, 5.41) is 14.7. The molecule has 3 aromatic rings. The zero-order valence-electron chi connectivity index (χ0n) is 15.2. The van der Waals surface area contributed by atoms with E-state index in [0.717, 1.165) is 18.4 Å². The van der Waals surface area contributed by atoms with Crippen LogP contribution in [0.3, 0.4) is 0 Å². The normalized spacial score (nSPS) is 17.1. The fraction of sp³-hybridized carbons (Fsp3) is 0.389. The number of aromatic nitrogens is 4. The molecule has 9 heteroatoms. The van der Waals surface area contributed by atoms with Gasteiger partial charge in [-0.2, -0.15) is 4.98 Å². The number of aryl methyl sites for hydroxylation is 2. The SMILES string of the molecule is Cc1nc([C@@H]2CCCN(C(=O)Nc3ccc(-c4nnc(C)o4)cc3)C2)no1. The Labute approximate surface area is 155 Å². The molecular formula is C18H20N6O3. The van der Waals surface area contributed by atoms with Gasteiger partial charge in [0.25, 0.3) is 0 Å². The first-order chi connectivity index (χ1) is 13.1. The Balaban J connectivity index is 1.39. The molecule has 0 radical (unpaired) electrons. The summed E-state index contributed by atoms with van der Waals surface area (Å²) in [5.41, 5.74) is 1.51. The molecule has 1 fully saturated rings. The highest BCUT2D eigenvalue weighted by Crippen LogP contribution is 2.26. The molecule has 0 unspecified atom stereocenters. The number of urea groups is 1. The summed E-state index contributed by atoms with van der Waals surface area (Å²) in [7, 11) is 0. The highest BCUT2D eigenvalue weighted by Gasteiger charge is 2.27. The molecule has 1 saturated heterocycles. The number of benzene rings is 1. The maximum atomic E-state index is 12.6. The van der Waals surface area contributed by atoms with Crippen LogP contribution in [-0.4, -0.2) is 44.4 Å². The second kappa shape index (κ2) is 7.18. The number of amides is 2. The van der Waals surface area contributed by atoms with Crippen molar-refractivity contribution in [1.29, 1.82) is 0 Å². The summed E-state index contributed by atoms with van der Waals surface area (Å²) in [6, 6.07) is 7.17. The molecular weight excluding hydrogens is 348 g/mol. The molecule has 2 aromatic heterocycles. The highest BCUT2D eigenvalue weighted by molar-refractivity contribution is 5.89. The molecule has 4 rings (SSSR count). The maximum absolute atomic E-state index is 12.6. The van der Waals surface area contributed by atoms with E-state index in [1.165, 1.54) is 0 Å². The quantitative estimate of drug-likeness (QED) is 0.756.